The molecule has 2 rings (SSSR count). The van der Waals surface area contributed by atoms with E-state index < -0.39 is 26.6 Å². The highest BCUT2D eigenvalue weighted by Gasteiger charge is 2.16. The number of halogens is 2. The number of nitriles is 1. The summed E-state index contributed by atoms with van der Waals surface area (Å²) >= 11 is 0. The fraction of sp³-hybridized carbons (Fsp3) is 0.0714. The predicted molar refractivity (Wildman–Crippen MR) is 72.9 cm³/mol. The van der Waals surface area contributed by atoms with E-state index in [9.17, 15) is 17.2 Å². The number of hydrogen-bond acceptors (Lipinski definition) is 3. The average Bonchev–Trinajstić information content (AvgIpc) is 2.40. The quantitative estimate of drug-likeness (QED) is 0.944. The van der Waals surface area contributed by atoms with Gasteiger partial charge in [-0.1, -0.05) is 12.1 Å². The van der Waals surface area contributed by atoms with Crippen LogP contribution in [0.1, 0.15) is 5.56 Å². The van der Waals surface area contributed by atoms with Crippen LogP contribution in [-0.4, -0.2) is 8.42 Å². The first kappa shape index (κ1) is 14.9. The van der Waals surface area contributed by atoms with E-state index in [0.29, 0.717) is 6.07 Å². The van der Waals surface area contributed by atoms with E-state index in [4.69, 9.17) is 5.26 Å². The van der Waals surface area contributed by atoms with Gasteiger partial charge in [-0.2, -0.15) is 5.26 Å². The molecular formula is C14H10F2N2O2S. The second kappa shape index (κ2) is 5.89. The van der Waals surface area contributed by atoms with Crippen molar-refractivity contribution in [3.8, 4) is 6.07 Å². The number of sulfonamides is 1. The molecular weight excluding hydrogens is 298 g/mol. The minimum atomic E-state index is -4.08. The zero-order valence-corrected chi connectivity index (χ0v) is 11.5. The highest BCUT2D eigenvalue weighted by molar-refractivity contribution is 7.92. The Hall–Kier alpha value is -2.46. The van der Waals surface area contributed by atoms with Gasteiger partial charge in [-0.05, 0) is 29.8 Å². The first-order valence-corrected chi connectivity index (χ1v) is 7.34. The number of hydrogen-bond donors (Lipinski definition) is 1. The summed E-state index contributed by atoms with van der Waals surface area (Å²) in [7, 11) is -4.08. The van der Waals surface area contributed by atoms with E-state index in [1.807, 2.05) is 6.07 Å². The lowest BCUT2D eigenvalue weighted by atomic mass is 10.1. The Morgan fingerprint density at radius 3 is 2.14 bits per heavy atom. The van der Waals surface area contributed by atoms with Crippen molar-refractivity contribution >= 4 is 15.7 Å². The zero-order valence-electron chi connectivity index (χ0n) is 10.7. The van der Waals surface area contributed by atoms with E-state index in [1.165, 1.54) is 12.1 Å². The molecule has 0 aliphatic heterocycles. The largest absolute Gasteiger partial charge is 0.280 e. The molecule has 0 heterocycles. The van der Waals surface area contributed by atoms with E-state index in [1.54, 1.807) is 12.1 Å². The van der Waals surface area contributed by atoms with Gasteiger partial charge < -0.3 is 0 Å². The summed E-state index contributed by atoms with van der Waals surface area (Å²) in [6.45, 7) is 0. The van der Waals surface area contributed by atoms with Gasteiger partial charge in [0.2, 0.25) is 0 Å². The van der Waals surface area contributed by atoms with Gasteiger partial charge in [0.1, 0.15) is 11.6 Å². The zero-order chi connectivity index (χ0) is 15.5. The van der Waals surface area contributed by atoms with Crippen molar-refractivity contribution < 1.29 is 17.2 Å². The molecule has 0 aliphatic carbocycles. The van der Waals surface area contributed by atoms with Crippen molar-refractivity contribution in [2.45, 2.75) is 11.3 Å². The normalized spacial score (nSPS) is 10.9. The predicted octanol–water partition coefficient (Wildman–Crippen LogP) is 2.83. The van der Waals surface area contributed by atoms with Crippen LogP contribution < -0.4 is 4.72 Å². The van der Waals surface area contributed by atoms with Gasteiger partial charge in [-0.3, -0.25) is 4.72 Å². The standard InChI is InChI=1S/C14H10F2N2O2S/c15-11-7-12(16)9-14(8-11)21(19,20)18-13-3-1-10(2-4-13)5-6-17/h1-4,7-9,18H,5H2. The Morgan fingerprint density at radius 1 is 1.05 bits per heavy atom. The van der Waals surface area contributed by atoms with Crippen molar-refractivity contribution in [2.24, 2.45) is 0 Å². The van der Waals surface area contributed by atoms with Crippen LogP contribution in [0.15, 0.2) is 47.4 Å². The number of anilines is 1. The minimum absolute atomic E-state index is 0.210. The summed E-state index contributed by atoms with van der Waals surface area (Å²) in [5.41, 5.74) is 0.971. The molecule has 2 aromatic carbocycles. The molecule has 0 bridgehead atoms. The molecule has 4 nitrogen and oxygen atoms in total. The number of rotatable bonds is 4. The lowest BCUT2D eigenvalue weighted by Crippen LogP contribution is -2.13. The second-order valence-electron chi connectivity index (χ2n) is 4.24. The molecule has 108 valence electrons. The van der Waals surface area contributed by atoms with E-state index in [2.05, 4.69) is 4.72 Å². The summed E-state index contributed by atoms with van der Waals surface area (Å²) in [6.07, 6.45) is 0.210. The van der Waals surface area contributed by atoms with Gasteiger partial charge in [0.15, 0.2) is 0 Å². The highest BCUT2D eigenvalue weighted by atomic mass is 32.2. The first-order valence-electron chi connectivity index (χ1n) is 5.85. The molecule has 2 aromatic rings. The van der Waals surface area contributed by atoms with Crippen LogP contribution in [0.4, 0.5) is 14.5 Å². The fourth-order valence-electron chi connectivity index (χ4n) is 1.68. The monoisotopic (exact) mass is 308 g/mol. The molecule has 7 heteroatoms. The van der Waals surface area contributed by atoms with Crippen LogP contribution in [0.3, 0.4) is 0 Å². The Bertz CT molecular complexity index is 776. The van der Waals surface area contributed by atoms with Gasteiger partial charge in [0, 0.05) is 11.8 Å². The van der Waals surface area contributed by atoms with Crippen LogP contribution in [0.5, 0.6) is 0 Å². The van der Waals surface area contributed by atoms with Crippen molar-refractivity contribution in [1.82, 2.24) is 0 Å². The highest BCUT2D eigenvalue weighted by Crippen LogP contribution is 2.18. The van der Waals surface area contributed by atoms with Crippen LogP contribution in [0.2, 0.25) is 0 Å². The molecule has 0 aliphatic rings. The third kappa shape index (κ3) is 3.77. The molecule has 0 saturated heterocycles. The fourth-order valence-corrected chi connectivity index (χ4v) is 2.78. The van der Waals surface area contributed by atoms with Crippen LogP contribution in [0.25, 0.3) is 0 Å². The van der Waals surface area contributed by atoms with Crippen molar-refractivity contribution in [3.63, 3.8) is 0 Å². The van der Waals surface area contributed by atoms with Gasteiger partial charge in [-0.25, -0.2) is 17.2 Å². The summed E-state index contributed by atoms with van der Waals surface area (Å²) in [5, 5.41) is 8.54. The molecule has 0 unspecified atom stereocenters. The number of nitrogens with zero attached hydrogens (tertiary/aromatic N) is 1. The smallest absolute Gasteiger partial charge is 0.262 e. The molecule has 0 fully saturated rings. The second-order valence-corrected chi connectivity index (χ2v) is 5.92. The molecule has 0 aromatic heterocycles. The molecule has 0 radical (unpaired) electrons. The molecule has 1 N–H and O–H groups in total. The van der Waals surface area contributed by atoms with Crippen molar-refractivity contribution in [1.29, 1.82) is 5.26 Å². The molecule has 0 spiro atoms. The lowest BCUT2D eigenvalue weighted by Gasteiger charge is -2.08. The minimum Gasteiger partial charge on any atom is -0.280 e. The third-order valence-corrected chi connectivity index (χ3v) is 4.00. The van der Waals surface area contributed by atoms with Crippen LogP contribution >= 0.6 is 0 Å². The molecule has 0 amide bonds. The van der Waals surface area contributed by atoms with Gasteiger partial charge in [0.05, 0.1) is 17.4 Å². The van der Waals surface area contributed by atoms with Gasteiger partial charge in [-0.15, -0.1) is 0 Å². The Labute approximate surface area is 120 Å². The summed E-state index contributed by atoms with van der Waals surface area (Å²) in [4.78, 5) is -0.499. The van der Waals surface area contributed by atoms with Crippen molar-refractivity contribution in [3.05, 3.63) is 59.7 Å². The van der Waals surface area contributed by atoms with Gasteiger partial charge >= 0.3 is 0 Å². The third-order valence-electron chi connectivity index (χ3n) is 2.64. The Morgan fingerprint density at radius 2 is 1.62 bits per heavy atom. The summed E-state index contributed by atoms with van der Waals surface area (Å²) in [5.74, 6) is -1.94. The summed E-state index contributed by atoms with van der Waals surface area (Å²) < 4.78 is 52.4. The van der Waals surface area contributed by atoms with E-state index in [-0.39, 0.29) is 12.1 Å². The Balaban J connectivity index is 2.26. The number of benzene rings is 2. The van der Waals surface area contributed by atoms with Crippen LogP contribution in [0, 0.1) is 23.0 Å². The molecule has 21 heavy (non-hydrogen) atoms. The van der Waals surface area contributed by atoms with Crippen LogP contribution in [-0.2, 0) is 16.4 Å². The summed E-state index contributed by atoms with van der Waals surface area (Å²) in [6, 6.07) is 10.1. The van der Waals surface area contributed by atoms with Crippen molar-refractivity contribution in [2.75, 3.05) is 4.72 Å². The van der Waals surface area contributed by atoms with Gasteiger partial charge in [0.25, 0.3) is 10.0 Å². The Kier molecular flexibility index (Phi) is 4.19. The molecule has 0 saturated carbocycles. The SMILES string of the molecule is N#CCc1ccc(NS(=O)(=O)c2cc(F)cc(F)c2)cc1. The first-order chi connectivity index (χ1) is 9.90. The van der Waals surface area contributed by atoms with E-state index in [0.717, 1.165) is 17.7 Å². The number of nitrogens with one attached hydrogen (secondary N) is 1. The average molecular weight is 308 g/mol. The maximum absolute atomic E-state index is 13.1. The molecule has 0 atom stereocenters. The lowest BCUT2D eigenvalue weighted by molar-refractivity contribution is 0.568. The topological polar surface area (TPSA) is 70.0 Å². The van der Waals surface area contributed by atoms with E-state index >= 15 is 0 Å². The maximum atomic E-state index is 13.1. The maximum Gasteiger partial charge on any atom is 0.262 e.